The van der Waals surface area contributed by atoms with Gasteiger partial charge in [0.25, 0.3) is 0 Å². The second-order valence-corrected chi connectivity index (χ2v) is 4.51. The van der Waals surface area contributed by atoms with Crippen LogP contribution in [0.25, 0.3) is 16.6 Å². The molecule has 3 aromatic heterocycles. The van der Waals surface area contributed by atoms with E-state index in [0.717, 1.165) is 22.5 Å². The van der Waals surface area contributed by atoms with Gasteiger partial charge in [-0.15, -0.1) is 5.10 Å². The first kappa shape index (κ1) is 11.6. The van der Waals surface area contributed by atoms with Crippen molar-refractivity contribution < 1.29 is 0 Å². The lowest BCUT2D eigenvalue weighted by atomic mass is 10.1. The minimum atomic E-state index is 0.575. The van der Waals surface area contributed by atoms with E-state index in [1.165, 1.54) is 0 Å². The molecule has 0 amide bonds. The molecule has 0 fully saturated rings. The molecule has 7 heteroatoms. The minimum Gasteiger partial charge on any atom is -0.308 e. The zero-order valence-electron chi connectivity index (χ0n) is 10.9. The molecule has 0 radical (unpaired) electrons. The van der Waals surface area contributed by atoms with Crippen LogP contribution in [0.3, 0.4) is 0 Å². The summed E-state index contributed by atoms with van der Waals surface area (Å²) in [6.45, 7) is 0. The third kappa shape index (κ3) is 2.00. The second kappa shape index (κ2) is 4.71. The Morgan fingerprint density at radius 3 is 2.86 bits per heavy atom. The molecule has 0 aliphatic heterocycles. The SMILES string of the molecule is c1ccc(-c2cn[nH]c2Nc2nncc3cncn23)cc1. The number of anilines is 2. The summed E-state index contributed by atoms with van der Waals surface area (Å²) in [5.74, 6) is 1.34. The molecule has 1 aromatic carbocycles. The van der Waals surface area contributed by atoms with E-state index in [1.807, 2.05) is 34.7 Å². The number of aromatic amines is 1. The predicted molar refractivity (Wildman–Crippen MR) is 78.1 cm³/mol. The van der Waals surface area contributed by atoms with Crippen molar-refractivity contribution in [3.05, 3.63) is 55.2 Å². The van der Waals surface area contributed by atoms with Crippen LogP contribution in [0.4, 0.5) is 11.8 Å². The molecular formula is C14H11N7. The summed E-state index contributed by atoms with van der Waals surface area (Å²) in [6, 6.07) is 10.0. The molecule has 0 bridgehead atoms. The maximum atomic E-state index is 4.10. The Morgan fingerprint density at radius 2 is 1.95 bits per heavy atom. The van der Waals surface area contributed by atoms with Crippen LogP contribution in [0.5, 0.6) is 0 Å². The number of H-pyrrole nitrogens is 1. The fourth-order valence-corrected chi connectivity index (χ4v) is 2.18. The molecule has 0 spiro atoms. The summed E-state index contributed by atoms with van der Waals surface area (Å²) < 4.78 is 1.82. The predicted octanol–water partition coefficient (Wildman–Crippen LogP) is 2.26. The molecule has 3 heterocycles. The van der Waals surface area contributed by atoms with Crippen molar-refractivity contribution in [3.63, 3.8) is 0 Å². The van der Waals surface area contributed by atoms with Gasteiger partial charge in [0, 0.05) is 5.56 Å². The van der Waals surface area contributed by atoms with Crippen LogP contribution < -0.4 is 5.32 Å². The van der Waals surface area contributed by atoms with Crippen molar-refractivity contribution in [1.29, 1.82) is 0 Å². The number of rotatable bonds is 3. The van der Waals surface area contributed by atoms with Gasteiger partial charge in [-0.05, 0) is 5.56 Å². The summed E-state index contributed by atoms with van der Waals surface area (Å²) in [6.07, 6.45) is 6.85. The van der Waals surface area contributed by atoms with Crippen molar-refractivity contribution in [1.82, 2.24) is 29.8 Å². The Labute approximate surface area is 119 Å². The Balaban J connectivity index is 1.76. The van der Waals surface area contributed by atoms with E-state index in [0.29, 0.717) is 5.95 Å². The first-order valence-corrected chi connectivity index (χ1v) is 6.41. The maximum absolute atomic E-state index is 4.10. The van der Waals surface area contributed by atoms with Crippen LogP contribution in [0.15, 0.2) is 55.2 Å². The number of nitrogens with one attached hydrogen (secondary N) is 2. The van der Waals surface area contributed by atoms with Gasteiger partial charge in [0.2, 0.25) is 5.95 Å². The largest absolute Gasteiger partial charge is 0.308 e. The molecule has 4 rings (SSSR count). The minimum absolute atomic E-state index is 0.575. The Morgan fingerprint density at radius 1 is 1.05 bits per heavy atom. The van der Waals surface area contributed by atoms with Crippen molar-refractivity contribution in [3.8, 4) is 11.1 Å². The van der Waals surface area contributed by atoms with Crippen molar-refractivity contribution >= 4 is 17.3 Å². The van der Waals surface area contributed by atoms with Crippen molar-refractivity contribution in [2.75, 3.05) is 5.32 Å². The van der Waals surface area contributed by atoms with Crippen LogP contribution in [-0.2, 0) is 0 Å². The van der Waals surface area contributed by atoms with E-state index in [-0.39, 0.29) is 0 Å². The zero-order chi connectivity index (χ0) is 14.1. The molecule has 0 aliphatic carbocycles. The van der Waals surface area contributed by atoms with Gasteiger partial charge in [-0.1, -0.05) is 30.3 Å². The van der Waals surface area contributed by atoms with Gasteiger partial charge in [0.1, 0.15) is 12.1 Å². The zero-order valence-corrected chi connectivity index (χ0v) is 10.9. The smallest absolute Gasteiger partial charge is 0.234 e. The third-order valence-electron chi connectivity index (χ3n) is 3.20. The number of nitrogens with zero attached hydrogens (tertiary/aromatic N) is 5. The standard InChI is InChI=1S/C14H11N7/c1-2-4-10(5-3-1)12-8-17-19-13(12)18-14-20-16-7-11-6-15-9-21(11)14/h1-9H,(H2,17,18,19,20). The third-order valence-corrected chi connectivity index (χ3v) is 3.20. The topological polar surface area (TPSA) is 83.8 Å². The highest BCUT2D eigenvalue weighted by Crippen LogP contribution is 2.27. The van der Waals surface area contributed by atoms with E-state index < -0.39 is 0 Å². The summed E-state index contributed by atoms with van der Waals surface area (Å²) in [5.41, 5.74) is 2.90. The highest BCUT2D eigenvalue weighted by molar-refractivity contribution is 5.76. The first-order valence-electron chi connectivity index (χ1n) is 6.41. The summed E-state index contributed by atoms with van der Waals surface area (Å²) >= 11 is 0. The van der Waals surface area contributed by atoms with Crippen LogP contribution in [0.1, 0.15) is 0 Å². The van der Waals surface area contributed by atoms with E-state index in [4.69, 9.17) is 0 Å². The van der Waals surface area contributed by atoms with Gasteiger partial charge in [0.05, 0.1) is 24.1 Å². The fourth-order valence-electron chi connectivity index (χ4n) is 2.18. The Hall–Kier alpha value is -3.22. The molecule has 7 nitrogen and oxygen atoms in total. The normalized spacial score (nSPS) is 10.9. The number of benzene rings is 1. The molecule has 0 saturated carbocycles. The van der Waals surface area contributed by atoms with Gasteiger partial charge in [-0.2, -0.15) is 10.2 Å². The molecule has 102 valence electrons. The number of hydrogen-bond acceptors (Lipinski definition) is 5. The van der Waals surface area contributed by atoms with E-state index in [9.17, 15) is 0 Å². The van der Waals surface area contributed by atoms with Gasteiger partial charge in [0.15, 0.2) is 0 Å². The average molecular weight is 277 g/mol. The van der Waals surface area contributed by atoms with Crippen molar-refractivity contribution in [2.24, 2.45) is 0 Å². The highest BCUT2D eigenvalue weighted by atomic mass is 15.3. The molecule has 0 aliphatic rings. The fraction of sp³-hybridized carbons (Fsp3) is 0. The molecule has 2 N–H and O–H groups in total. The summed E-state index contributed by atoms with van der Waals surface area (Å²) in [7, 11) is 0. The van der Waals surface area contributed by atoms with Crippen LogP contribution in [0.2, 0.25) is 0 Å². The maximum Gasteiger partial charge on any atom is 0.234 e. The molecule has 0 atom stereocenters. The van der Waals surface area contributed by atoms with Gasteiger partial charge < -0.3 is 5.32 Å². The van der Waals surface area contributed by atoms with Gasteiger partial charge in [-0.3, -0.25) is 9.50 Å². The first-order chi connectivity index (χ1) is 10.4. The number of fused-ring (bicyclic) bond motifs is 1. The second-order valence-electron chi connectivity index (χ2n) is 4.51. The van der Waals surface area contributed by atoms with Crippen molar-refractivity contribution in [2.45, 2.75) is 0 Å². The average Bonchev–Trinajstić information content (AvgIpc) is 3.17. The molecule has 0 saturated heterocycles. The molecule has 4 aromatic rings. The number of aromatic nitrogens is 6. The quantitative estimate of drug-likeness (QED) is 0.600. The monoisotopic (exact) mass is 277 g/mol. The summed E-state index contributed by atoms with van der Waals surface area (Å²) in [5, 5.41) is 18.3. The van der Waals surface area contributed by atoms with Gasteiger partial charge >= 0.3 is 0 Å². The van der Waals surface area contributed by atoms with Crippen LogP contribution >= 0.6 is 0 Å². The highest BCUT2D eigenvalue weighted by Gasteiger charge is 2.10. The number of imidazole rings is 1. The lowest BCUT2D eigenvalue weighted by Crippen LogP contribution is -2.03. The molecule has 0 unspecified atom stereocenters. The Kier molecular flexibility index (Phi) is 2.60. The summed E-state index contributed by atoms with van der Waals surface area (Å²) in [4.78, 5) is 4.09. The Bertz CT molecular complexity index is 878. The lowest BCUT2D eigenvalue weighted by molar-refractivity contribution is 0.951. The van der Waals surface area contributed by atoms with Crippen LogP contribution in [-0.4, -0.2) is 29.8 Å². The van der Waals surface area contributed by atoms with E-state index >= 15 is 0 Å². The van der Waals surface area contributed by atoms with Crippen LogP contribution in [0, 0.1) is 0 Å². The molecular weight excluding hydrogens is 266 g/mol. The number of hydrogen-bond donors (Lipinski definition) is 2. The van der Waals surface area contributed by atoms with E-state index in [1.54, 1.807) is 24.9 Å². The van der Waals surface area contributed by atoms with Gasteiger partial charge in [-0.25, -0.2) is 4.98 Å². The lowest BCUT2D eigenvalue weighted by Gasteiger charge is -2.07. The van der Waals surface area contributed by atoms with E-state index in [2.05, 4.69) is 30.7 Å². The molecule has 21 heavy (non-hydrogen) atoms.